The molecule has 1 atom stereocenters. The first-order valence-corrected chi connectivity index (χ1v) is 9.44. The summed E-state index contributed by atoms with van der Waals surface area (Å²) in [5.41, 5.74) is 0. The minimum atomic E-state index is -4.34. The van der Waals surface area contributed by atoms with Crippen LogP contribution in [0, 0.1) is 0 Å². The highest BCUT2D eigenvalue weighted by Crippen LogP contribution is 2.30. The molecule has 24 heavy (non-hydrogen) atoms. The van der Waals surface area contributed by atoms with Crippen LogP contribution in [-0.2, 0) is 33.0 Å². The van der Waals surface area contributed by atoms with E-state index in [1.165, 1.54) is 6.42 Å². The van der Waals surface area contributed by atoms with Crippen LogP contribution >= 0.6 is 0 Å². The lowest BCUT2D eigenvalue weighted by molar-refractivity contribution is -0.318. The van der Waals surface area contributed by atoms with Crippen molar-refractivity contribution < 1.29 is 41.3 Å². The summed E-state index contributed by atoms with van der Waals surface area (Å²) in [4.78, 5) is 11.8. The van der Waals surface area contributed by atoms with E-state index in [0.717, 1.165) is 32.1 Å². The SMILES string of the molecule is CCCCCCCCC(COCCO)OC(=O)C1(O)OS(=O)(=O)O1. The zero-order valence-corrected chi connectivity index (χ0v) is 14.6. The van der Waals surface area contributed by atoms with Gasteiger partial charge in [0, 0.05) is 0 Å². The van der Waals surface area contributed by atoms with E-state index < -0.39 is 28.4 Å². The molecule has 1 heterocycles. The van der Waals surface area contributed by atoms with E-state index in [2.05, 4.69) is 15.3 Å². The first-order chi connectivity index (χ1) is 11.3. The average Bonchev–Trinajstić information content (AvgIpc) is 2.48. The molecule has 9 nitrogen and oxygen atoms in total. The van der Waals surface area contributed by atoms with Crippen molar-refractivity contribution in [2.24, 2.45) is 0 Å². The molecule has 1 fully saturated rings. The van der Waals surface area contributed by atoms with Crippen LogP contribution < -0.4 is 0 Å². The molecule has 0 radical (unpaired) electrons. The topological polar surface area (TPSA) is 129 Å². The maximum absolute atomic E-state index is 11.8. The predicted molar refractivity (Wildman–Crippen MR) is 81.8 cm³/mol. The van der Waals surface area contributed by atoms with E-state index in [1.54, 1.807) is 0 Å². The third-order valence-electron chi connectivity index (χ3n) is 3.38. The highest BCUT2D eigenvalue weighted by atomic mass is 32.3. The Balaban J connectivity index is 2.39. The molecule has 10 heteroatoms. The van der Waals surface area contributed by atoms with Crippen molar-refractivity contribution in [1.82, 2.24) is 0 Å². The molecule has 0 amide bonds. The van der Waals surface area contributed by atoms with Crippen molar-refractivity contribution in [3.8, 4) is 0 Å². The number of aliphatic hydroxyl groups excluding tert-OH is 1. The minimum Gasteiger partial charge on any atom is -0.454 e. The van der Waals surface area contributed by atoms with Gasteiger partial charge in [-0.15, -0.1) is 0 Å². The lowest BCUT2D eigenvalue weighted by Gasteiger charge is -2.32. The average molecular weight is 370 g/mol. The van der Waals surface area contributed by atoms with E-state index in [9.17, 15) is 18.3 Å². The molecule has 1 aliphatic rings. The molecule has 0 spiro atoms. The number of hydrogen-bond donors (Lipinski definition) is 2. The number of rotatable bonds is 13. The maximum Gasteiger partial charge on any atom is 0.416 e. The van der Waals surface area contributed by atoms with Gasteiger partial charge in [0.25, 0.3) is 0 Å². The van der Waals surface area contributed by atoms with Crippen LogP contribution in [0.15, 0.2) is 0 Å². The van der Waals surface area contributed by atoms with Crippen LogP contribution in [0.4, 0.5) is 0 Å². The summed E-state index contributed by atoms with van der Waals surface area (Å²) >= 11 is 0. The van der Waals surface area contributed by atoms with Crippen LogP contribution in [0.2, 0.25) is 0 Å². The molecule has 0 aliphatic carbocycles. The molecule has 0 aromatic rings. The molecule has 1 aliphatic heterocycles. The lowest BCUT2D eigenvalue weighted by Crippen LogP contribution is -2.57. The Morgan fingerprint density at radius 3 is 2.38 bits per heavy atom. The summed E-state index contributed by atoms with van der Waals surface area (Å²) in [7, 11) is -4.34. The summed E-state index contributed by atoms with van der Waals surface area (Å²) in [6, 6.07) is 0. The predicted octanol–water partition coefficient (Wildman–Crippen LogP) is 0.595. The van der Waals surface area contributed by atoms with Gasteiger partial charge < -0.3 is 19.7 Å². The second kappa shape index (κ2) is 10.3. The number of unbranched alkanes of at least 4 members (excludes halogenated alkanes) is 5. The van der Waals surface area contributed by atoms with Gasteiger partial charge in [-0.3, -0.25) is 0 Å². The van der Waals surface area contributed by atoms with Crippen molar-refractivity contribution in [3.05, 3.63) is 0 Å². The Bertz CT molecular complexity index is 465. The van der Waals surface area contributed by atoms with Gasteiger partial charge in [-0.05, 0) is 12.8 Å². The van der Waals surface area contributed by atoms with Gasteiger partial charge in [0.05, 0.1) is 19.8 Å². The molecule has 0 saturated carbocycles. The van der Waals surface area contributed by atoms with E-state index in [0.29, 0.717) is 6.42 Å². The van der Waals surface area contributed by atoms with Crippen LogP contribution in [0.5, 0.6) is 0 Å². The Kier molecular flexibility index (Phi) is 9.09. The highest BCUT2D eigenvalue weighted by Gasteiger charge is 2.59. The van der Waals surface area contributed by atoms with Crippen molar-refractivity contribution in [2.45, 2.75) is 63.9 Å². The highest BCUT2D eigenvalue weighted by molar-refractivity contribution is 7.82. The number of ether oxygens (including phenoxy) is 2. The molecule has 142 valence electrons. The zero-order valence-electron chi connectivity index (χ0n) is 13.8. The largest absolute Gasteiger partial charge is 0.454 e. The van der Waals surface area contributed by atoms with E-state index >= 15 is 0 Å². The number of aliphatic hydroxyl groups is 2. The van der Waals surface area contributed by atoms with Gasteiger partial charge in [0.2, 0.25) is 0 Å². The first kappa shape index (κ1) is 21.3. The van der Waals surface area contributed by atoms with Gasteiger partial charge in [0.15, 0.2) is 0 Å². The summed E-state index contributed by atoms with van der Waals surface area (Å²) < 4.78 is 39.7. The fourth-order valence-electron chi connectivity index (χ4n) is 2.18. The molecule has 0 aromatic heterocycles. The smallest absolute Gasteiger partial charge is 0.416 e. The Morgan fingerprint density at radius 1 is 1.17 bits per heavy atom. The van der Waals surface area contributed by atoms with Crippen LogP contribution in [0.25, 0.3) is 0 Å². The van der Waals surface area contributed by atoms with E-state index in [1.807, 2.05) is 0 Å². The molecule has 0 aromatic carbocycles. The van der Waals surface area contributed by atoms with Gasteiger partial charge >= 0.3 is 22.3 Å². The molecule has 0 bridgehead atoms. The standard InChI is InChI=1S/C14H26O9S/c1-2-3-4-5-6-7-8-12(11-20-10-9-15)21-13(16)14(17)22-24(18,19)23-14/h12,15,17H,2-11H2,1H3. The Hall–Kier alpha value is -0.780. The quantitative estimate of drug-likeness (QED) is 0.353. The number of carbonyl (C=O) groups is 1. The van der Waals surface area contributed by atoms with E-state index in [4.69, 9.17) is 14.6 Å². The number of carbonyl (C=O) groups excluding carboxylic acids is 1. The van der Waals surface area contributed by atoms with Crippen molar-refractivity contribution >= 4 is 16.4 Å². The van der Waals surface area contributed by atoms with Crippen molar-refractivity contribution in [2.75, 3.05) is 19.8 Å². The molecule has 1 saturated heterocycles. The van der Waals surface area contributed by atoms with E-state index in [-0.39, 0.29) is 19.8 Å². The summed E-state index contributed by atoms with van der Waals surface area (Å²) in [5.74, 6) is -4.27. The summed E-state index contributed by atoms with van der Waals surface area (Å²) in [6.07, 6.45) is 6.05. The van der Waals surface area contributed by atoms with Crippen molar-refractivity contribution in [1.29, 1.82) is 0 Å². The fourth-order valence-corrected chi connectivity index (χ4v) is 2.89. The second-order valence-corrected chi connectivity index (χ2v) is 6.69. The van der Waals surface area contributed by atoms with Crippen LogP contribution in [0.1, 0.15) is 51.9 Å². The van der Waals surface area contributed by atoms with Gasteiger partial charge in [-0.1, -0.05) is 39.0 Å². The zero-order chi connectivity index (χ0) is 18.1. The lowest BCUT2D eigenvalue weighted by atomic mass is 10.1. The normalized spacial score (nSPS) is 19.5. The molecular formula is C14H26O9S. The molecular weight excluding hydrogens is 344 g/mol. The Labute approximate surface area is 142 Å². The first-order valence-electron chi connectivity index (χ1n) is 8.11. The summed E-state index contributed by atoms with van der Waals surface area (Å²) in [6.45, 7) is 2.05. The molecule has 2 N–H and O–H groups in total. The van der Waals surface area contributed by atoms with Gasteiger partial charge in [-0.2, -0.15) is 16.8 Å². The molecule has 1 rings (SSSR count). The second-order valence-electron chi connectivity index (χ2n) is 5.54. The maximum atomic E-state index is 11.8. The van der Waals surface area contributed by atoms with Gasteiger partial charge in [0.1, 0.15) is 6.10 Å². The van der Waals surface area contributed by atoms with Crippen molar-refractivity contribution in [3.63, 3.8) is 0 Å². The van der Waals surface area contributed by atoms with Crippen LogP contribution in [0.3, 0.4) is 0 Å². The fraction of sp³-hybridized carbons (Fsp3) is 0.929. The monoisotopic (exact) mass is 370 g/mol. The third kappa shape index (κ3) is 7.41. The number of hydrogen-bond acceptors (Lipinski definition) is 9. The van der Waals surface area contributed by atoms with Crippen LogP contribution in [-0.4, -0.2) is 56.5 Å². The molecule has 1 unspecified atom stereocenters. The Morgan fingerprint density at radius 2 is 1.79 bits per heavy atom. The summed E-state index contributed by atoms with van der Waals surface area (Å²) in [5, 5.41) is 18.2. The van der Waals surface area contributed by atoms with Gasteiger partial charge in [-0.25, -0.2) is 4.79 Å². The minimum absolute atomic E-state index is 0.0179. The number of esters is 1. The third-order valence-corrected chi connectivity index (χ3v) is 4.24.